The molecule has 77 heavy (non-hydrogen) atoms. The van der Waals surface area contributed by atoms with E-state index in [-0.39, 0.29) is 38.6 Å². The highest BCUT2D eigenvalue weighted by atomic mass is 16.7. The molecule has 0 spiro atoms. The van der Waals surface area contributed by atoms with Crippen molar-refractivity contribution >= 4 is 17.9 Å². The zero-order chi connectivity index (χ0) is 56.2. The third-order valence-electron chi connectivity index (χ3n) is 11.8. The van der Waals surface area contributed by atoms with Crippen LogP contribution in [0, 0.1) is 0 Å². The number of carbonyl (C=O) groups is 3. The lowest BCUT2D eigenvalue weighted by atomic mass is 10.1. The van der Waals surface area contributed by atoms with Crippen molar-refractivity contribution in [1.82, 2.24) is 0 Å². The van der Waals surface area contributed by atoms with Crippen molar-refractivity contribution in [2.24, 2.45) is 0 Å². The van der Waals surface area contributed by atoms with Crippen LogP contribution in [0.5, 0.6) is 0 Å². The molecule has 9 heteroatoms. The molecule has 0 amide bonds. The number of nitrogens with zero attached hydrogens (tertiary/aromatic N) is 1. The predicted molar refractivity (Wildman–Crippen MR) is 327 cm³/mol. The summed E-state index contributed by atoms with van der Waals surface area (Å²) < 4.78 is 22.8. The van der Waals surface area contributed by atoms with Gasteiger partial charge in [0.2, 0.25) is 0 Å². The van der Waals surface area contributed by atoms with E-state index in [1.54, 1.807) is 0 Å². The van der Waals surface area contributed by atoms with Crippen LogP contribution in [-0.2, 0) is 33.3 Å². The molecule has 0 aromatic heterocycles. The molecule has 0 aliphatic rings. The number of hydrogen-bond acceptors (Lipinski definition) is 7. The topological polar surface area (TPSA) is 108 Å². The Kier molecular flexibility index (Phi) is 53.3. The first kappa shape index (κ1) is 71.9. The highest BCUT2D eigenvalue weighted by Gasteiger charge is 2.25. The van der Waals surface area contributed by atoms with Gasteiger partial charge in [0.25, 0.3) is 6.29 Å². The number of likely N-dealkylation sites (N-methyl/N-ethyl adjacent to an activating group) is 1. The fourth-order valence-corrected chi connectivity index (χ4v) is 7.22. The second-order valence-corrected chi connectivity index (χ2v) is 20.2. The largest absolute Gasteiger partial charge is 0.477 e. The summed E-state index contributed by atoms with van der Waals surface area (Å²) in [4.78, 5) is 37.4. The lowest BCUT2D eigenvalue weighted by molar-refractivity contribution is -0.870. The van der Waals surface area contributed by atoms with Gasteiger partial charge >= 0.3 is 17.9 Å². The van der Waals surface area contributed by atoms with E-state index in [1.165, 1.54) is 25.7 Å². The molecule has 0 saturated heterocycles. The average molecular weight is 1070 g/mol. The molecule has 0 radical (unpaired) electrons. The minimum Gasteiger partial charge on any atom is -0.477 e. The van der Waals surface area contributed by atoms with E-state index in [4.69, 9.17) is 18.9 Å². The van der Waals surface area contributed by atoms with Crippen molar-refractivity contribution < 1.29 is 42.9 Å². The van der Waals surface area contributed by atoms with Crippen LogP contribution in [0.4, 0.5) is 0 Å². The van der Waals surface area contributed by atoms with E-state index in [2.05, 4.69) is 172 Å². The fraction of sp³-hybridized carbons (Fsp3) is 0.574. The van der Waals surface area contributed by atoms with Gasteiger partial charge in [-0.2, -0.15) is 0 Å². The smallest absolute Gasteiger partial charge is 0.361 e. The predicted octanol–water partition coefficient (Wildman–Crippen LogP) is 17.8. The number of esters is 2. The van der Waals surface area contributed by atoms with Crippen molar-refractivity contribution in [3.63, 3.8) is 0 Å². The van der Waals surface area contributed by atoms with Crippen LogP contribution in [0.15, 0.2) is 158 Å². The van der Waals surface area contributed by atoms with Crippen LogP contribution in [0.2, 0.25) is 0 Å². The number of quaternary nitrogens is 1. The molecule has 2 unspecified atom stereocenters. The Morgan fingerprint density at radius 3 is 1.12 bits per heavy atom. The van der Waals surface area contributed by atoms with Gasteiger partial charge in [0.05, 0.1) is 34.4 Å². The van der Waals surface area contributed by atoms with E-state index in [9.17, 15) is 19.5 Å². The molecule has 0 heterocycles. The minimum atomic E-state index is -1.53. The fourth-order valence-electron chi connectivity index (χ4n) is 7.22. The molecular formula is C68H108NO8+. The third kappa shape index (κ3) is 58.4. The van der Waals surface area contributed by atoms with E-state index < -0.39 is 24.3 Å². The Hall–Kier alpha value is -5.09. The van der Waals surface area contributed by atoms with Crippen LogP contribution in [0.3, 0.4) is 0 Å². The molecule has 432 valence electrons. The van der Waals surface area contributed by atoms with Gasteiger partial charge in [-0.3, -0.25) is 9.59 Å². The highest BCUT2D eigenvalue weighted by Crippen LogP contribution is 2.12. The van der Waals surface area contributed by atoms with Crippen LogP contribution in [0.1, 0.15) is 194 Å². The summed E-state index contributed by atoms with van der Waals surface area (Å²) in [6.45, 7) is 4.64. The van der Waals surface area contributed by atoms with Crippen LogP contribution < -0.4 is 0 Å². The second-order valence-electron chi connectivity index (χ2n) is 20.2. The average Bonchev–Trinajstić information content (AvgIpc) is 3.40. The monoisotopic (exact) mass is 1070 g/mol. The number of hydrogen-bond donors (Lipinski definition) is 1. The molecule has 0 aromatic carbocycles. The SMILES string of the molecule is CC/C=C\C/C=C\C/C=C\C/C=C\C/C=C\C/C=C\C/C=C\C/C=C\C/C=C\C/C=C\C/C=C\CCCCCC(=O)OC(COC(=O)CCCCCCC/C=C\C/C=C\CCCCC)COC(OCC[N+](C)(C)C)C(=O)O. The molecule has 0 bridgehead atoms. The minimum absolute atomic E-state index is 0.169. The molecule has 0 aliphatic carbocycles. The van der Waals surface area contributed by atoms with Gasteiger partial charge in [-0.1, -0.05) is 210 Å². The Labute approximate surface area is 470 Å². The molecule has 2 atom stereocenters. The van der Waals surface area contributed by atoms with Crippen molar-refractivity contribution in [2.75, 3.05) is 47.5 Å². The number of carboxylic acids is 1. The van der Waals surface area contributed by atoms with Crippen LogP contribution in [-0.4, -0.2) is 87.4 Å². The second kappa shape index (κ2) is 57.1. The summed E-state index contributed by atoms with van der Waals surface area (Å²) >= 11 is 0. The standard InChI is InChI=1S/C68H107NO8/c1-6-8-10-12-14-16-18-20-22-23-24-25-26-27-28-29-30-31-32-33-34-35-36-37-38-39-40-41-42-43-45-47-49-51-53-55-57-59-66(71)77-64(63-76-68(67(72)73)74-61-60-69(3,4)5)62-75-65(70)58-56-54-52-50-48-46-44-21-19-17-15-13-11-9-7-2/h8,10,14-17,20-22,24-25,27-28,30-31,33-34,36-37,39-40,42-44,47,49,64,68H,6-7,9,11-13,18-19,23,26,29,32,35,38,41,45-46,48,50-63H2,1-5H3/p+1/b10-8-,16-14-,17-15-,22-20-,25-24-,28-27-,31-30-,34-33-,37-36-,40-39-,43-42-,44-21-,49-47-. The van der Waals surface area contributed by atoms with E-state index in [0.29, 0.717) is 17.4 Å². The van der Waals surface area contributed by atoms with Gasteiger partial charge in [-0.15, -0.1) is 0 Å². The maximum absolute atomic E-state index is 12.9. The Balaban J connectivity index is 4.33. The maximum atomic E-state index is 12.9. The van der Waals surface area contributed by atoms with Crippen molar-refractivity contribution in [3.05, 3.63) is 158 Å². The number of allylic oxidation sites excluding steroid dienone is 26. The summed E-state index contributed by atoms with van der Waals surface area (Å²) in [5.41, 5.74) is 0. The number of carboxylic acid groups (broad SMARTS) is 1. The Bertz CT molecular complexity index is 1810. The normalized spacial score (nSPS) is 13.9. The van der Waals surface area contributed by atoms with Gasteiger partial charge in [-0.25, -0.2) is 4.79 Å². The third-order valence-corrected chi connectivity index (χ3v) is 11.8. The summed E-state index contributed by atoms with van der Waals surface area (Å²) in [6, 6.07) is 0. The molecule has 0 aromatic rings. The maximum Gasteiger partial charge on any atom is 0.361 e. The van der Waals surface area contributed by atoms with Crippen LogP contribution >= 0.6 is 0 Å². The number of rotatable bonds is 52. The summed E-state index contributed by atoms with van der Waals surface area (Å²) in [5, 5.41) is 9.69. The van der Waals surface area contributed by atoms with Gasteiger partial charge in [0, 0.05) is 12.8 Å². The Morgan fingerprint density at radius 2 is 0.740 bits per heavy atom. The van der Waals surface area contributed by atoms with Crippen molar-refractivity contribution in [1.29, 1.82) is 0 Å². The van der Waals surface area contributed by atoms with E-state index in [0.717, 1.165) is 135 Å². The quantitative estimate of drug-likeness (QED) is 0.0211. The van der Waals surface area contributed by atoms with E-state index >= 15 is 0 Å². The van der Waals surface area contributed by atoms with Gasteiger partial charge in [0.1, 0.15) is 13.2 Å². The lowest BCUT2D eigenvalue weighted by Crippen LogP contribution is -2.40. The highest BCUT2D eigenvalue weighted by molar-refractivity contribution is 5.71. The number of carbonyl (C=O) groups excluding carboxylic acids is 2. The summed E-state index contributed by atoms with van der Waals surface area (Å²) in [6.07, 6.45) is 81.9. The van der Waals surface area contributed by atoms with E-state index in [1.807, 2.05) is 21.1 Å². The molecule has 0 saturated carbocycles. The first-order valence-corrected chi connectivity index (χ1v) is 29.6. The molecule has 1 N–H and O–H groups in total. The number of aliphatic carboxylic acids is 1. The first-order chi connectivity index (χ1) is 37.6. The molecular weight excluding hydrogens is 959 g/mol. The lowest BCUT2D eigenvalue weighted by Gasteiger charge is -2.25. The summed E-state index contributed by atoms with van der Waals surface area (Å²) in [5.74, 6) is -2.09. The first-order valence-electron chi connectivity index (χ1n) is 29.6. The van der Waals surface area contributed by atoms with Crippen LogP contribution in [0.25, 0.3) is 0 Å². The van der Waals surface area contributed by atoms with Gasteiger partial charge < -0.3 is 28.5 Å². The number of ether oxygens (including phenoxy) is 4. The zero-order valence-corrected chi connectivity index (χ0v) is 49.0. The molecule has 0 rings (SSSR count). The molecule has 0 aliphatic heterocycles. The Morgan fingerprint density at radius 1 is 0.403 bits per heavy atom. The molecule has 0 fully saturated rings. The molecule has 9 nitrogen and oxygen atoms in total. The van der Waals surface area contributed by atoms with Gasteiger partial charge in [0.15, 0.2) is 6.10 Å². The van der Waals surface area contributed by atoms with Crippen molar-refractivity contribution in [3.8, 4) is 0 Å². The van der Waals surface area contributed by atoms with Gasteiger partial charge in [-0.05, 0) is 128 Å². The van der Waals surface area contributed by atoms with Crippen molar-refractivity contribution in [2.45, 2.75) is 206 Å². The summed E-state index contributed by atoms with van der Waals surface area (Å²) in [7, 11) is 5.93. The number of unbranched alkanes of at least 4 members (excludes halogenated alkanes) is 11. The zero-order valence-electron chi connectivity index (χ0n) is 49.0.